The summed E-state index contributed by atoms with van der Waals surface area (Å²) in [5.74, 6) is 2.58. The third kappa shape index (κ3) is 9.54. The standard InChI is InChI=1S/C18H24N4OS.HI/c1-2-20-18(21-11-13-23-16-7-6-10-19-15-16)22-12-14-24-17-8-4-3-5-9-17;/h3-10,15H,2,11-14H2,1H3,(H2,20,21,22);1H. The number of pyridine rings is 1. The molecule has 0 unspecified atom stereocenters. The maximum absolute atomic E-state index is 5.59. The average molecular weight is 472 g/mol. The largest absolute Gasteiger partial charge is 0.490 e. The monoisotopic (exact) mass is 472 g/mol. The second-order valence-corrected chi connectivity index (χ2v) is 6.05. The molecule has 1 aromatic heterocycles. The average Bonchev–Trinajstić information content (AvgIpc) is 2.64. The summed E-state index contributed by atoms with van der Waals surface area (Å²) in [4.78, 5) is 9.81. The molecule has 0 fully saturated rings. The highest BCUT2D eigenvalue weighted by atomic mass is 127. The van der Waals surface area contributed by atoms with Crippen molar-refractivity contribution in [3.05, 3.63) is 54.9 Å². The van der Waals surface area contributed by atoms with E-state index >= 15 is 0 Å². The normalized spacial score (nSPS) is 10.7. The molecule has 0 aliphatic rings. The van der Waals surface area contributed by atoms with Crippen LogP contribution >= 0.6 is 35.7 Å². The van der Waals surface area contributed by atoms with E-state index in [1.165, 1.54) is 4.90 Å². The van der Waals surface area contributed by atoms with Crippen LogP contribution in [0.3, 0.4) is 0 Å². The first kappa shape index (κ1) is 21.6. The summed E-state index contributed by atoms with van der Waals surface area (Å²) in [6, 6.07) is 14.1. The number of aliphatic imine (C=N–C) groups is 1. The summed E-state index contributed by atoms with van der Waals surface area (Å²) < 4.78 is 5.59. The summed E-state index contributed by atoms with van der Waals surface area (Å²) in [5, 5.41) is 6.58. The summed E-state index contributed by atoms with van der Waals surface area (Å²) in [6.45, 7) is 4.87. The van der Waals surface area contributed by atoms with Crippen molar-refractivity contribution >= 4 is 41.7 Å². The van der Waals surface area contributed by atoms with E-state index in [0.29, 0.717) is 13.2 Å². The van der Waals surface area contributed by atoms with Gasteiger partial charge >= 0.3 is 0 Å². The van der Waals surface area contributed by atoms with Crippen LogP contribution in [0.5, 0.6) is 5.75 Å². The van der Waals surface area contributed by atoms with E-state index in [1.54, 1.807) is 12.4 Å². The molecule has 1 aromatic carbocycles. The van der Waals surface area contributed by atoms with Gasteiger partial charge in [-0.15, -0.1) is 35.7 Å². The number of aromatic nitrogens is 1. The molecule has 2 aromatic rings. The molecule has 0 radical (unpaired) electrons. The van der Waals surface area contributed by atoms with Crippen molar-refractivity contribution in [3.63, 3.8) is 0 Å². The lowest BCUT2D eigenvalue weighted by Crippen LogP contribution is -2.38. The SMILES string of the molecule is CCNC(=NCCOc1cccnc1)NCCSc1ccccc1.I. The molecule has 136 valence electrons. The van der Waals surface area contributed by atoms with Crippen molar-refractivity contribution in [2.24, 2.45) is 4.99 Å². The number of hydrogen-bond acceptors (Lipinski definition) is 4. The van der Waals surface area contributed by atoms with Crippen molar-refractivity contribution in [3.8, 4) is 5.75 Å². The Hall–Kier alpha value is -1.48. The molecule has 2 N–H and O–H groups in total. The Bertz CT molecular complexity index is 599. The zero-order valence-corrected chi connectivity index (χ0v) is 17.5. The fourth-order valence-electron chi connectivity index (χ4n) is 1.95. The molecule has 25 heavy (non-hydrogen) atoms. The number of hydrogen-bond donors (Lipinski definition) is 2. The molecule has 0 atom stereocenters. The Morgan fingerprint density at radius 3 is 2.72 bits per heavy atom. The Labute approximate surface area is 171 Å². The lowest BCUT2D eigenvalue weighted by Gasteiger charge is -2.11. The summed E-state index contributed by atoms with van der Waals surface area (Å²) in [5.41, 5.74) is 0. The Balaban J connectivity index is 0.00000312. The minimum Gasteiger partial charge on any atom is -0.490 e. The summed E-state index contributed by atoms with van der Waals surface area (Å²) in [6.07, 6.45) is 3.43. The Kier molecular flexibility index (Phi) is 11.9. The predicted molar refractivity (Wildman–Crippen MR) is 116 cm³/mol. The van der Waals surface area contributed by atoms with Crippen molar-refractivity contribution < 1.29 is 4.74 Å². The van der Waals surface area contributed by atoms with Crippen molar-refractivity contribution in [1.82, 2.24) is 15.6 Å². The van der Waals surface area contributed by atoms with Gasteiger partial charge in [-0.05, 0) is 31.2 Å². The van der Waals surface area contributed by atoms with E-state index in [-0.39, 0.29) is 24.0 Å². The summed E-state index contributed by atoms with van der Waals surface area (Å²) >= 11 is 1.83. The molecule has 0 bridgehead atoms. The first-order chi connectivity index (χ1) is 11.9. The van der Waals surface area contributed by atoms with Crippen LogP contribution < -0.4 is 15.4 Å². The number of rotatable bonds is 9. The number of guanidine groups is 1. The highest BCUT2D eigenvalue weighted by Gasteiger charge is 1.98. The van der Waals surface area contributed by atoms with E-state index in [0.717, 1.165) is 30.6 Å². The molecule has 1 heterocycles. The molecule has 0 spiro atoms. The van der Waals surface area contributed by atoms with Gasteiger partial charge < -0.3 is 15.4 Å². The zero-order valence-electron chi connectivity index (χ0n) is 14.4. The van der Waals surface area contributed by atoms with Gasteiger partial charge in [-0.3, -0.25) is 4.98 Å². The van der Waals surface area contributed by atoms with E-state index < -0.39 is 0 Å². The fourth-order valence-corrected chi connectivity index (χ4v) is 2.74. The van der Waals surface area contributed by atoms with Crippen LogP contribution in [0.4, 0.5) is 0 Å². The van der Waals surface area contributed by atoms with Gasteiger partial charge in [0.1, 0.15) is 12.4 Å². The number of ether oxygens (including phenoxy) is 1. The lowest BCUT2D eigenvalue weighted by molar-refractivity contribution is 0.327. The highest BCUT2D eigenvalue weighted by Crippen LogP contribution is 2.15. The molecule has 0 saturated carbocycles. The van der Waals surface area contributed by atoms with Gasteiger partial charge in [0.05, 0.1) is 12.7 Å². The van der Waals surface area contributed by atoms with Crippen LogP contribution in [0.2, 0.25) is 0 Å². The molecule has 5 nitrogen and oxygen atoms in total. The Morgan fingerprint density at radius 2 is 2.00 bits per heavy atom. The van der Waals surface area contributed by atoms with E-state index in [1.807, 2.05) is 30.0 Å². The van der Waals surface area contributed by atoms with Gasteiger partial charge in [0.25, 0.3) is 0 Å². The minimum absolute atomic E-state index is 0. The van der Waals surface area contributed by atoms with Crippen LogP contribution in [0.25, 0.3) is 0 Å². The molecular weight excluding hydrogens is 447 g/mol. The number of benzene rings is 1. The van der Waals surface area contributed by atoms with Gasteiger partial charge in [0.15, 0.2) is 5.96 Å². The number of halogens is 1. The first-order valence-electron chi connectivity index (χ1n) is 8.11. The smallest absolute Gasteiger partial charge is 0.191 e. The minimum atomic E-state index is 0. The van der Waals surface area contributed by atoms with Crippen LogP contribution in [0.1, 0.15) is 6.92 Å². The van der Waals surface area contributed by atoms with Crippen molar-refractivity contribution in [1.29, 1.82) is 0 Å². The number of thioether (sulfide) groups is 1. The van der Waals surface area contributed by atoms with Crippen LogP contribution in [0, 0.1) is 0 Å². The second kappa shape index (κ2) is 13.8. The van der Waals surface area contributed by atoms with Crippen LogP contribution in [-0.2, 0) is 0 Å². The lowest BCUT2D eigenvalue weighted by atomic mass is 10.4. The second-order valence-electron chi connectivity index (χ2n) is 4.89. The van der Waals surface area contributed by atoms with Gasteiger partial charge in [0.2, 0.25) is 0 Å². The highest BCUT2D eigenvalue weighted by molar-refractivity contribution is 14.0. The van der Waals surface area contributed by atoms with Crippen molar-refractivity contribution in [2.45, 2.75) is 11.8 Å². The third-order valence-electron chi connectivity index (χ3n) is 3.01. The maximum Gasteiger partial charge on any atom is 0.191 e. The zero-order chi connectivity index (χ0) is 16.9. The van der Waals surface area contributed by atoms with Crippen molar-refractivity contribution in [2.75, 3.05) is 32.0 Å². The molecule has 2 rings (SSSR count). The fraction of sp³-hybridized carbons (Fsp3) is 0.333. The number of nitrogens with zero attached hydrogens (tertiary/aromatic N) is 2. The van der Waals surface area contributed by atoms with Gasteiger partial charge in [0, 0.05) is 29.9 Å². The summed E-state index contributed by atoms with van der Waals surface area (Å²) in [7, 11) is 0. The molecule has 0 amide bonds. The van der Waals surface area contributed by atoms with E-state index in [4.69, 9.17) is 4.74 Å². The molecule has 0 aliphatic carbocycles. The molecular formula is C18H25IN4OS. The van der Waals surface area contributed by atoms with Gasteiger partial charge in [-0.25, -0.2) is 4.99 Å². The molecule has 7 heteroatoms. The maximum atomic E-state index is 5.59. The van der Waals surface area contributed by atoms with E-state index in [9.17, 15) is 0 Å². The topological polar surface area (TPSA) is 58.5 Å². The van der Waals surface area contributed by atoms with Gasteiger partial charge in [-0.1, -0.05) is 18.2 Å². The molecule has 0 aliphatic heterocycles. The quantitative estimate of drug-likeness (QED) is 0.193. The number of nitrogens with one attached hydrogen (secondary N) is 2. The Morgan fingerprint density at radius 1 is 1.16 bits per heavy atom. The first-order valence-corrected chi connectivity index (χ1v) is 9.10. The van der Waals surface area contributed by atoms with Gasteiger partial charge in [-0.2, -0.15) is 0 Å². The third-order valence-corrected chi connectivity index (χ3v) is 4.03. The predicted octanol–water partition coefficient (Wildman–Crippen LogP) is 3.43. The van der Waals surface area contributed by atoms with E-state index in [2.05, 4.69) is 51.8 Å². The van der Waals surface area contributed by atoms with Crippen LogP contribution in [0.15, 0.2) is 64.7 Å². The van der Waals surface area contributed by atoms with Crippen LogP contribution in [-0.4, -0.2) is 42.9 Å². The molecule has 0 saturated heterocycles.